The molecule has 1 unspecified atom stereocenters. The fourth-order valence-electron chi connectivity index (χ4n) is 4.06. The lowest BCUT2D eigenvalue weighted by molar-refractivity contribution is -0.128. The molecular weight excluding hydrogens is 356 g/mol. The molecule has 3 aromatic rings. The Kier molecular flexibility index (Phi) is 4.23. The summed E-state index contributed by atoms with van der Waals surface area (Å²) in [7, 11) is 0. The molecule has 1 saturated heterocycles. The predicted octanol–water partition coefficient (Wildman–Crippen LogP) is 4.48. The van der Waals surface area contributed by atoms with Crippen LogP contribution in [0.2, 0.25) is 0 Å². The summed E-state index contributed by atoms with van der Waals surface area (Å²) < 4.78 is 2.00. The fraction of sp³-hybridized carbons (Fsp3) is 0.476. The molecule has 140 valence electrons. The number of hydrogen-bond acceptors (Lipinski definition) is 4. The Balaban J connectivity index is 1.53. The number of imidazole rings is 1. The zero-order chi connectivity index (χ0) is 18.4. The number of carbonyl (C=O) groups excluding carboxylic acids is 1. The molecule has 0 N–H and O–H groups in total. The summed E-state index contributed by atoms with van der Waals surface area (Å²) in [6.45, 7) is 3.64. The highest BCUT2D eigenvalue weighted by Gasteiger charge is 2.32. The highest BCUT2D eigenvalue weighted by Crippen LogP contribution is 2.42. The summed E-state index contributed by atoms with van der Waals surface area (Å²) in [5.74, 6) is 1.37. The van der Waals surface area contributed by atoms with Crippen LogP contribution < -0.4 is 0 Å². The molecule has 27 heavy (non-hydrogen) atoms. The van der Waals surface area contributed by atoms with Crippen molar-refractivity contribution in [3.8, 4) is 11.3 Å². The van der Waals surface area contributed by atoms with Crippen LogP contribution in [0.1, 0.15) is 55.6 Å². The van der Waals surface area contributed by atoms with Gasteiger partial charge in [0.15, 0.2) is 0 Å². The summed E-state index contributed by atoms with van der Waals surface area (Å²) in [6.07, 6.45) is 5.41. The zero-order valence-corrected chi connectivity index (χ0v) is 16.4. The van der Waals surface area contributed by atoms with Gasteiger partial charge in [0.05, 0.1) is 17.9 Å². The maximum Gasteiger partial charge on any atom is 0.223 e. The molecule has 1 saturated carbocycles. The molecule has 1 aliphatic carbocycles. The van der Waals surface area contributed by atoms with Crippen LogP contribution in [0.15, 0.2) is 30.3 Å². The van der Waals surface area contributed by atoms with E-state index in [1.54, 1.807) is 11.3 Å². The first-order valence-corrected chi connectivity index (χ1v) is 10.8. The van der Waals surface area contributed by atoms with Gasteiger partial charge in [-0.05, 0) is 25.2 Å². The summed E-state index contributed by atoms with van der Waals surface area (Å²) >= 11 is 1.70. The van der Waals surface area contributed by atoms with Crippen molar-refractivity contribution in [3.05, 3.63) is 41.0 Å². The maximum absolute atomic E-state index is 12.6. The van der Waals surface area contributed by atoms with Gasteiger partial charge in [0.2, 0.25) is 10.9 Å². The van der Waals surface area contributed by atoms with Gasteiger partial charge >= 0.3 is 0 Å². The number of amides is 1. The second-order valence-electron chi connectivity index (χ2n) is 7.82. The molecule has 3 heterocycles. The van der Waals surface area contributed by atoms with Gasteiger partial charge in [0.1, 0.15) is 5.01 Å². The minimum Gasteiger partial charge on any atom is -0.336 e. The van der Waals surface area contributed by atoms with Gasteiger partial charge in [0.25, 0.3) is 0 Å². The third kappa shape index (κ3) is 3.16. The SMILES string of the molecule is CCCC1CC(=O)N(Cc2c(-c3ccccc3)nc3sc(C4CC4)nn23)C1. The van der Waals surface area contributed by atoms with Crippen LogP contribution in [0, 0.1) is 5.92 Å². The van der Waals surface area contributed by atoms with E-state index in [2.05, 4.69) is 19.1 Å². The van der Waals surface area contributed by atoms with Crippen molar-refractivity contribution >= 4 is 22.2 Å². The number of rotatable bonds is 6. The quantitative estimate of drug-likeness (QED) is 0.633. The first-order chi connectivity index (χ1) is 13.2. The molecule has 2 aromatic heterocycles. The van der Waals surface area contributed by atoms with Crippen LogP contribution in [-0.4, -0.2) is 31.9 Å². The Morgan fingerprint density at radius 1 is 1.22 bits per heavy atom. The number of benzene rings is 1. The highest BCUT2D eigenvalue weighted by molar-refractivity contribution is 7.16. The first-order valence-electron chi connectivity index (χ1n) is 9.94. The third-order valence-electron chi connectivity index (χ3n) is 5.62. The van der Waals surface area contributed by atoms with E-state index in [0.29, 0.717) is 24.8 Å². The Bertz CT molecular complexity index is 973. The fourth-order valence-corrected chi connectivity index (χ4v) is 5.14. The minimum atomic E-state index is 0.264. The van der Waals surface area contributed by atoms with E-state index < -0.39 is 0 Å². The average Bonchev–Trinajstić information content (AvgIpc) is 3.23. The van der Waals surface area contributed by atoms with E-state index in [0.717, 1.165) is 41.3 Å². The summed E-state index contributed by atoms with van der Waals surface area (Å²) in [5.41, 5.74) is 3.10. The van der Waals surface area contributed by atoms with Crippen molar-refractivity contribution in [3.63, 3.8) is 0 Å². The topological polar surface area (TPSA) is 50.5 Å². The second kappa shape index (κ2) is 6.75. The van der Waals surface area contributed by atoms with E-state index in [-0.39, 0.29) is 5.91 Å². The molecular formula is C21H24N4OS. The summed E-state index contributed by atoms with van der Waals surface area (Å²) in [4.78, 5) is 20.4. The van der Waals surface area contributed by atoms with Gasteiger partial charge in [-0.3, -0.25) is 4.79 Å². The van der Waals surface area contributed by atoms with Crippen LogP contribution in [-0.2, 0) is 11.3 Å². The van der Waals surface area contributed by atoms with Crippen molar-refractivity contribution in [1.29, 1.82) is 0 Å². The molecule has 5 nitrogen and oxygen atoms in total. The Hall–Kier alpha value is -2.21. The lowest BCUT2D eigenvalue weighted by atomic mass is 10.0. The van der Waals surface area contributed by atoms with Gasteiger partial charge in [-0.2, -0.15) is 5.10 Å². The summed E-state index contributed by atoms with van der Waals surface area (Å²) in [5, 5.41) is 6.07. The smallest absolute Gasteiger partial charge is 0.223 e. The van der Waals surface area contributed by atoms with E-state index >= 15 is 0 Å². The van der Waals surface area contributed by atoms with Crippen molar-refractivity contribution in [2.75, 3.05) is 6.54 Å². The number of nitrogens with zero attached hydrogens (tertiary/aromatic N) is 4. The van der Waals surface area contributed by atoms with Crippen LogP contribution >= 0.6 is 11.3 Å². The molecule has 6 heteroatoms. The molecule has 0 bridgehead atoms. The standard InChI is InChI=1S/C21H24N4OS/c1-2-6-14-11-18(26)24(12-14)13-17-19(15-7-4-3-5-8-15)22-21-25(17)23-20(27-21)16-9-10-16/h3-5,7-8,14,16H,2,6,9-13H2,1H3. The molecule has 0 spiro atoms. The lowest BCUT2D eigenvalue weighted by Gasteiger charge is -2.17. The van der Waals surface area contributed by atoms with E-state index in [1.165, 1.54) is 17.8 Å². The van der Waals surface area contributed by atoms with Crippen molar-refractivity contribution in [1.82, 2.24) is 19.5 Å². The van der Waals surface area contributed by atoms with Crippen molar-refractivity contribution in [2.24, 2.45) is 5.92 Å². The summed E-state index contributed by atoms with van der Waals surface area (Å²) in [6, 6.07) is 10.3. The monoisotopic (exact) mass is 380 g/mol. The molecule has 1 amide bonds. The number of carbonyl (C=O) groups is 1. The van der Waals surface area contributed by atoms with Crippen LogP contribution in [0.25, 0.3) is 16.2 Å². The maximum atomic E-state index is 12.6. The normalized spacial score (nSPS) is 20.1. The van der Waals surface area contributed by atoms with Crippen molar-refractivity contribution in [2.45, 2.75) is 51.5 Å². The van der Waals surface area contributed by atoms with Gasteiger partial charge in [0, 0.05) is 24.4 Å². The highest BCUT2D eigenvalue weighted by atomic mass is 32.1. The van der Waals surface area contributed by atoms with Crippen molar-refractivity contribution < 1.29 is 4.79 Å². The average molecular weight is 381 g/mol. The molecule has 1 aromatic carbocycles. The Morgan fingerprint density at radius 3 is 2.78 bits per heavy atom. The zero-order valence-electron chi connectivity index (χ0n) is 15.6. The molecule has 1 atom stereocenters. The molecule has 5 rings (SSSR count). The lowest BCUT2D eigenvalue weighted by Crippen LogP contribution is -2.25. The van der Waals surface area contributed by atoms with Crippen LogP contribution in [0.4, 0.5) is 0 Å². The predicted molar refractivity (Wildman–Crippen MR) is 107 cm³/mol. The van der Waals surface area contributed by atoms with Gasteiger partial charge in [-0.1, -0.05) is 55.0 Å². The second-order valence-corrected chi connectivity index (χ2v) is 8.80. The van der Waals surface area contributed by atoms with Gasteiger partial charge in [-0.25, -0.2) is 9.50 Å². The first kappa shape index (κ1) is 16.9. The molecule has 1 aliphatic heterocycles. The molecule has 2 aliphatic rings. The number of likely N-dealkylation sites (tertiary alicyclic amines) is 1. The van der Waals surface area contributed by atoms with E-state index in [9.17, 15) is 4.79 Å². The minimum absolute atomic E-state index is 0.264. The van der Waals surface area contributed by atoms with E-state index in [4.69, 9.17) is 10.1 Å². The Labute approximate surface area is 163 Å². The van der Waals surface area contributed by atoms with E-state index in [1.807, 2.05) is 27.6 Å². The number of aromatic nitrogens is 3. The van der Waals surface area contributed by atoms with Crippen LogP contribution in [0.3, 0.4) is 0 Å². The number of hydrogen-bond donors (Lipinski definition) is 0. The molecule has 0 radical (unpaired) electrons. The van der Waals surface area contributed by atoms with Gasteiger partial charge in [-0.15, -0.1) is 0 Å². The molecule has 2 fully saturated rings. The van der Waals surface area contributed by atoms with Gasteiger partial charge < -0.3 is 4.90 Å². The number of fused-ring (bicyclic) bond motifs is 1. The third-order valence-corrected chi connectivity index (χ3v) is 6.69. The Morgan fingerprint density at radius 2 is 2.04 bits per heavy atom. The largest absolute Gasteiger partial charge is 0.336 e. The van der Waals surface area contributed by atoms with Crippen LogP contribution in [0.5, 0.6) is 0 Å².